The van der Waals surface area contributed by atoms with Gasteiger partial charge in [0, 0.05) is 25.2 Å². The Morgan fingerprint density at radius 2 is 2.04 bits per heavy atom. The van der Waals surface area contributed by atoms with Crippen LogP contribution in [0.25, 0.3) is 0 Å². The van der Waals surface area contributed by atoms with E-state index in [4.69, 9.17) is 11.6 Å². The first-order chi connectivity index (χ1) is 13.2. The number of rotatable bonds is 4. The van der Waals surface area contributed by atoms with Crippen molar-refractivity contribution < 1.29 is 18.3 Å². The van der Waals surface area contributed by atoms with E-state index >= 15 is 0 Å². The third-order valence-corrected chi connectivity index (χ3v) is 6.62. The van der Waals surface area contributed by atoms with Gasteiger partial charge in [0.05, 0.1) is 5.75 Å². The van der Waals surface area contributed by atoms with Crippen molar-refractivity contribution in [1.29, 1.82) is 0 Å². The average molecular weight is 427 g/mol. The fourth-order valence-electron chi connectivity index (χ4n) is 2.87. The van der Waals surface area contributed by atoms with Crippen LogP contribution in [0.1, 0.15) is 28.9 Å². The maximum Gasteiger partial charge on any atom is 0.297 e. The monoisotopic (exact) mass is 426 g/mol. The Morgan fingerprint density at radius 1 is 1.32 bits per heavy atom. The van der Waals surface area contributed by atoms with Gasteiger partial charge < -0.3 is 10.4 Å². The number of amides is 1. The summed E-state index contributed by atoms with van der Waals surface area (Å²) in [6.45, 7) is 0.195. The number of nitrogens with one attached hydrogen (secondary N) is 1. The molecule has 0 saturated carbocycles. The normalized spacial score (nSPS) is 16.0. The lowest BCUT2D eigenvalue weighted by molar-refractivity contribution is 0.0942. The van der Waals surface area contributed by atoms with E-state index in [9.17, 15) is 23.1 Å². The molecule has 2 heterocycles. The SMILES string of the molecule is Cn1c(N2CCCCS2(=O)=O)nc(C(=O)NCc2ccccc2Cl)c(O)c1=O. The number of benzene rings is 1. The standard InChI is InChI=1S/C17H19ClN4O5S/c1-21-16(25)14(23)13(15(24)19-10-11-6-2-3-7-12(11)18)20-17(21)22-8-4-5-9-28(22,26)27/h2-3,6-7,23H,4-5,8-10H2,1H3,(H,19,24). The van der Waals surface area contributed by atoms with Crippen LogP contribution in [0.3, 0.4) is 0 Å². The van der Waals surface area contributed by atoms with Crippen molar-refractivity contribution in [2.75, 3.05) is 16.6 Å². The summed E-state index contributed by atoms with van der Waals surface area (Å²) in [6, 6.07) is 6.87. The molecule has 1 aromatic carbocycles. The average Bonchev–Trinajstić information content (AvgIpc) is 2.66. The molecule has 2 N–H and O–H groups in total. The van der Waals surface area contributed by atoms with Crippen LogP contribution in [0.15, 0.2) is 29.1 Å². The molecule has 2 aromatic rings. The topological polar surface area (TPSA) is 122 Å². The molecular formula is C17H19ClN4O5S. The fraction of sp³-hybridized carbons (Fsp3) is 0.353. The molecule has 0 atom stereocenters. The van der Waals surface area contributed by atoms with E-state index in [-0.39, 0.29) is 24.8 Å². The van der Waals surface area contributed by atoms with Crippen LogP contribution in [-0.4, -0.2) is 41.3 Å². The van der Waals surface area contributed by atoms with E-state index in [0.29, 0.717) is 23.4 Å². The van der Waals surface area contributed by atoms with Crippen LogP contribution in [-0.2, 0) is 23.6 Å². The zero-order valence-corrected chi connectivity index (χ0v) is 16.6. The molecule has 1 aliphatic rings. The van der Waals surface area contributed by atoms with Gasteiger partial charge in [0.2, 0.25) is 21.7 Å². The van der Waals surface area contributed by atoms with Crippen molar-refractivity contribution in [3.8, 4) is 5.75 Å². The Morgan fingerprint density at radius 3 is 2.71 bits per heavy atom. The van der Waals surface area contributed by atoms with Crippen LogP contribution < -0.4 is 15.2 Å². The molecule has 0 spiro atoms. The van der Waals surface area contributed by atoms with Gasteiger partial charge in [0.25, 0.3) is 11.5 Å². The highest BCUT2D eigenvalue weighted by molar-refractivity contribution is 7.92. The van der Waals surface area contributed by atoms with Gasteiger partial charge in [-0.15, -0.1) is 0 Å². The van der Waals surface area contributed by atoms with Gasteiger partial charge in [-0.2, -0.15) is 0 Å². The lowest BCUT2D eigenvalue weighted by Gasteiger charge is -2.28. The largest absolute Gasteiger partial charge is 0.501 e. The zero-order chi connectivity index (χ0) is 20.5. The number of sulfonamides is 1. The van der Waals surface area contributed by atoms with Crippen molar-refractivity contribution in [3.05, 3.63) is 50.9 Å². The van der Waals surface area contributed by atoms with E-state index in [2.05, 4.69) is 10.3 Å². The number of hydrogen-bond donors (Lipinski definition) is 2. The van der Waals surface area contributed by atoms with Gasteiger partial charge in [-0.05, 0) is 24.5 Å². The van der Waals surface area contributed by atoms with Gasteiger partial charge in [-0.3, -0.25) is 14.2 Å². The molecule has 28 heavy (non-hydrogen) atoms. The molecule has 0 radical (unpaired) electrons. The van der Waals surface area contributed by atoms with E-state index in [1.54, 1.807) is 24.3 Å². The zero-order valence-electron chi connectivity index (χ0n) is 15.1. The van der Waals surface area contributed by atoms with Crippen molar-refractivity contribution in [1.82, 2.24) is 14.9 Å². The summed E-state index contributed by atoms with van der Waals surface area (Å²) in [6.07, 6.45) is 1.11. The molecule has 1 aliphatic heterocycles. The van der Waals surface area contributed by atoms with Gasteiger partial charge in [0.1, 0.15) is 0 Å². The minimum Gasteiger partial charge on any atom is -0.501 e. The van der Waals surface area contributed by atoms with E-state index < -0.39 is 32.9 Å². The molecule has 1 amide bonds. The Hall–Kier alpha value is -2.59. The third kappa shape index (κ3) is 3.83. The first-order valence-corrected chi connectivity index (χ1v) is 10.5. The molecule has 1 fully saturated rings. The summed E-state index contributed by atoms with van der Waals surface area (Å²) >= 11 is 6.05. The summed E-state index contributed by atoms with van der Waals surface area (Å²) in [4.78, 5) is 28.9. The van der Waals surface area contributed by atoms with Crippen molar-refractivity contribution in [3.63, 3.8) is 0 Å². The number of halogens is 1. The Labute approximate surface area is 166 Å². The van der Waals surface area contributed by atoms with E-state index in [1.807, 2.05) is 0 Å². The summed E-state index contributed by atoms with van der Waals surface area (Å²) in [5.74, 6) is -1.94. The van der Waals surface area contributed by atoms with E-state index in [0.717, 1.165) is 8.87 Å². The highest BCUT2D eigenvalue weighted by Gasteiger charge is 2.31. The summed E-state index contributed by atoms with van der Waals surface area (Å²) < 4.78 is 26.6. The molecular weight excluding hydrogens is 408 g/mol. The van der Waals surface area contributed by atoms with Crippen LogP contribution in [0.4, 0.5) is 5.95 Å². The molecule has 1 aromatic heterocycles. The number of nitrogens with zero attached hydrogens (tertiary/aromatic N) is 3. The Balaban J connectivity index is 1.95. The van der Waals surface area contributed by atoms with Crippen LogP contribution in [0.5, 0.6) is 5.75 Å². The third-order valence-electron chi connectivity index (χ3n) is 4.43. The minimum atomic E-state index is -3.65. The van der Waals surface area contributed by atoms with Crippen LogP contribution in [0, 0.1) is 0 Å². The summed E-state index contributed by atoms with van der Waals surface area (Å²) in [5.41, 5.74) is -0.806. The number of hydrogen-bond acceptors (Lipinski definition) is 6. The molecule has 9 nitrogen and oxygen atoms in total. The van der Waals surface area contributed by atoms with Crippen molar-refractivity contribution >= 4 is 33.5 Å². The molecule has 0 unspecified atom stereocenters. The quantitative estimate of drug-likeness (QED) is 0.752. The first kappa shape index (κ1) is 20.2. The molecule has 150 valence electrons. The van der Waals surface area contributed by atoms with Crippen molar-refractivity contribution in [2.24, 2.45) is 7.05 Å². The van der Waals surface area contributed by atoms with E-state index in [1.165, 1.54) is 7.05 Å². The number of aromatic hydroxyl groups is 1. The number of carbonyl (C=O) groups excluding carboxylic acids is 1. The minimum absolute atomic E-state index is 0.0478. The number of carbonyl (C=O) groups is 1. The Bertz CT molecular complexity index is 1080. The second-order valence-electron chi connectivity index (χ2n) is 6.34. The Kier molecular flexibility index (Phi) is 5.61. The van der Waals surface area contributed by atoms with Gasteiger partial charge in [-0.25, -0.2) is 17.7 Å². The molecule has 11 heteroatoms. The fourth-order valence-corrected chi connectivity index (χ4v) is 4.69. The molecule has 3 rings (SSSR count). The molecule has 0 aliphatic carbocycles. The van der Waals surface area contributed by atoms with Crippen LogP contribution >= 0.6 is 11.6 Å². The second kappa shape index (κ2) is 7.80. The summed E-state index contributed by atoms with van der Waals surface area (Å²) in [5, 5.41) is 13.1. The summed E-state index contributed by atoms with van der Waals surface area (Å²) in [7, 11) is -2.36. The maximum absolute atomic E-state index is 12.5. The molecule has 0 bridgehead atoms. The van der Waals surface area contributed by atoms with Crippen molar-refractivity contribution in [2.45, 2.75) is 19.4 Å². The number of aromatic nitrogens is 2. The highest BCUT2D eigenvalue weighted by atomic mass is 35.5. The van der Waals surface area contributed by atoms with Gasteiger partial charge in [0.15, 0.2) is 5.69 Å². The lowest BCUT2D eigenvalue weighted by Crippen LogP contribution is -2.42. The predicted molar refractivity (Wildman–Crippen MR) is 104 cm³/mol. The number of anilines is 1. The van der Waals surface area contributed by atoms with Crippen LogP contribution in [0.2, 0.25) is 5.02 Å². The second-order valence-corrected chi connectivity index (χ2v) is 8.76. The predicted octanol–water partition coefficient (Wildman–Crippen LogP) is 0.999. The van der Waals surface area contributed by atoms with Gasteiger partial charge >= 0.3 is 0 Å². The maximum atomic E-state index is 12.5. The molecule has 1 saturated heterocycles. The smallest absolute Gasteiger partial charge is 0.297 e. The highest BCUT2D eigenvalue weighted by Crippen LogP contribution is 2.23. The van der Waals surface area contributed by atoms with Gasteiger partial charge in [-0.1, -0.05) is 29.8 Å². The first-order valence-electron chi connectivity index (χ1n) is 8.54. The lowest BCUT2D eigenvalue weighted by atomic mass is 10.2.